The van der Waals surface area contributed by atoms with Crippen molar-refractivity contribution in [3.05, 3.63) is 48.0 Å². The van der Waals surface area contributed by atoms with Gasteiger partial charge in [0.05, 0.1) is 39.0 Å². The molecule has 2 N–H and O–H groups in total. The van der Waals surface area contributed by atoms with E-state index in [1.165, 1.54) is 7.11 Å². The van der Waals surface area contributed by atoms with E-state index in [0.29, 0.717) is 22.9 Å². The van der Waals surface area contributed by atoms with Crippen molar-refractivity contribution in [3.63, 3.8) is 0 Å². The van der Waals surface area contributed by atoms with Crippen LogP contribution in [0.2, 0.25) is 0 Å². The van der Waals surface area contributed by atoms with Gasteiger partial charge in [0.2, 0.25) is 11.8 Å². The van der Waals surface area contributed by atoms with Gasteiger partial charge in [0.25, 0.3) is 0 Å². The number of ether oxygens (including phenoxy) is 3. The van der Waals surface area contributed by atoms with Crippen LogP contribution < -0.4 is 24.8 Å². The topological polar surface area (TPSA) is 85.9 Å². The molecule has 0 aliphatic rings. The Hall–Kier alpha value is -3.22. The van der Waals surface area contributed by atoms with Crippen molar-refractivity contribution in [2.45, 2.75) is 26.4 Å². The predicted octanol–water partition coefficient (Wildman–Crippen LogP) is 2.79. The van der Waals surface area contributed by atoms with E-state index >= 15 is 0 Å². The van der Waals surface area contributed by atoms with E-state index in [-0.39, 0.29) is 30.9 Å². The van der Waals surface area contributed by atoms with E-state index in [1.807, 2.05) is 19.9 Å². The van der Waals surface area contributed by atoms with Crippen molar-refractivity contribution in [2.24, 2.45) is 0 Å². The molecule has 2 amide bonds. The van der Waals surface area contributed by atoms with Crippen LogP contribution in [-0.4, -0.2) is 38.7 Å². The normalized spacial score (nSPS) is 10.3. The highest BCUT2D eigenvalue weighted by Crippen LogP contribution is 2.27. The monoisotopic (exact) mass is 386 g/mol. The Labute approximate surface area is 165 Å². The number of nitrogens with one attached hydrogen (secondary N) is 2. The van der Waals surface area contributed by atoms with Gasteiger partial charge < -0.3 is 24.8 Å². The summed E-state index contributed by atoms with van der Waals surface area (Å²) in [6, 6.07) is 12.4. The maximum atomic E-state index is 12.2. The number of amides is 2. The maximum absolute atomic E-state index is 12.2. The Balaban J connectivity index is 1.89. The standard InChI is InChI=1S/C21H26N2O5/c1-14(2)28-17-8-6-5-7-16(17)23-21(25)13-22-20(24)12-15-9-10-18(26-3)19(11-15)27-4/h5-11,14H,12-13H2,1-4H3,(H,22,24)(H,23,25). The molecule has 7 heteroatoms. The van der Waals surface area contributed by atoms with Gasteiger partial charge >= 0.3 is 0 Å². The first-order chi connectivity index (χ1) is 13.4. The molecule has 2 aromatic carbocycles. The molecule has 0 unspecified atom stereocenters. The molecule has 2 rings (SSSR count). The minimum atomic E-state index is -0.333. The van der Waals surface area contributed by atoms with Crippen molar-refractivity contribution >= 4 is 17.5 Å². The third-order valence-electron chi connectivity index (χ3n) is 3.78. The van der Waals surface area contributed by atoms with Gasteiger partial charge in [-0.2, -0.15) is 0 Å². The molecule has 0 radical (unpaired) electrons. The number of carbonyl (C=O) groups excluding carboxylic acids is 2. The van der Waals surface area contributed by atoms with Gasteiger partial charge in [0, 0.05) is 0 Å². The van der Waals surface area contributed by atoms with Crippen LogP contribution in [0.1, 0.15) is 19.4 Å². The van der Waals surface area contributed by atoms with Crippen LogP contribution in [-0.2, 0) is 16.0 Å². The molecular weight excluding hydrogens is 360 g/mol. The lowest BCUT2D eigenvalue weighted by atomic mass is 10.1. The summed E-state index contributed by atoms with van der Waals surface area (Å²) in [6.45, 7) is 3.68. The van der Waals surface area contributed by atoms with Crippen LogP contribution in [0.3, 0.4) is 0 Å². The summed E-state index contributed by atoms with van der Waals surface area (Å²) < 4.78 is 16.1. The van der Waals surface area contributed by atoms with Gasteiger partial charge in [0.15, 0.2) is 11.5 Å². The maximum Gasteiger partial charge on any atom is 0.243 e. The molecule has 7 nitrogen and oxygen atoms in total. The number of hydrogen-bond acceptors (Lipinski definition) is 5. The number of benzene rings is 2. The number of anilines is 1. The first-order valence-corrected chi connectivity index (χ1v) is 8.96. The predicted molar refractivity (Wildman–Crippen MR) is 107 cm³/mol. The fourth-order valence-electron chi connectivity index (χ4n) is 2.54. The lowest BCUT2D eigenvalue weighted by Crippen LogP contribution is -2.33. The Morgan fingerprint density at radius 3 is 2.32 bits per heavy atom. The number of methoxy groups -OCH3 is 2. The number of hydrogen-bond donors (Lipinski definition) is 2. The molecule has 0 aliphatic carbocycles. The number of rotatable bonds is 9. The van der Waals surface area contributed by atoms with Gasteiger partial charge in [-0.05, 0) is 43.7 Å². The first-order valence-electron chi connectivity index (χ1n) is 8.96. The Morgan fingerprint density at radius 2 is 1.64 bits per heavy atom. The van der Waals surface area contributed by atoms with Crippen molar-refractivity contribution in [2.75, 3.05) is 26.1 Å². The van der Waals surface area contributed by atoms with E-state index < -0.39 is 0 Å². The van der Waals surface area contributed by atoms with Crippen LogP contribution in [0.25, 0.3) is 0 Å². The van der Waals surface area contributed by atoms with Gasteiger partial charge in [0.1, 0.15) is 5.75 Å². The zero-order chi connectivity index (χ0) is 20.5. The Kier molecular flexibility index (Phi) is 7.68. The summed E-state index contributed by atoms with van der Waals surface area (Å²) >= 11 is 0. The molecule has 0 spiro atoms. The minimum Gasteiger partial charge on any atom is -0.493 e. The summed E-state index contributed by atoms with van der Waals surface area (Å²) in [5, 5.41) is 5.37. The van der Waals surface area contributed by atoms with E-state index in [0.717, 1.165) is 5.56 Å². The van der Waals surface area contributed by atoms with Gasteiger partial charge in [-0.25, -0.2) is 0 Å². The quantitative estimate of drug-likeness (QED) is 0.692. The van der Waals surface area contributed by atoms with E-state index in [4.69, 9.17) is 14.2 Å². The molecular formula is C21H26N2O5. The van der Waals surface area contributed by atoms with Crippen LogP contribution >= 0.6 is 0 Å². The van der Waals surface area contributed by atoms with Crippen LogP contribution in [0.5, 0.6) is 17.2 Å². The fourth-order valence-corrected chi connectivity index (χ4v) is 2.54. The first kappa shape index (κ1) is 21.1. The molecule has 0 aromatic heterocycles. The Morgan fingerprint density at radius 1 is 0.929 bits per heavy atom. The van der Waals surface area contributed by atoms with E-state index in [2.05, 4.69) is 10.6 Å². The summed E-state index contributed by atoms with van der Waals surface area (Å²) in [5.74, 6) is 1.12. The summed E-state index contributed by atoms with van der Waals surface area (Å²) in [4.78, 5) is 24.3. The van der Waals surface area contributed by atoms with Crippen molar-refractivity contribution in [1.82, 2.24) is 5.32 Å². The van der Waals surface area contributed by atoms with Crippen molar-refractivity contribution < 1.29 is 23.8 Å². The Bertz CT molecular complexity index is 820. The van der Waals surface area contributed by atoms with Gasteiger partial charge in [-0.3, -0.25) is 9.59 Å². The largest absolute Gasteiger partial charge is 0.493 e. The molecule has 0 saturated carbocycles. The van der Waals surface area contributed by atoms with Gasteiger partial charge in [-0.1, -0.05) is 18.2 Å². The summed E-state index contributed by atoms with van der Waals surface area (Å²) in [7, 11) is 3.08. The number of para-hydroxylation sites is 2. The molecule has 0 aliphatic heterocycles. The van der Waals surface area contributed by atoms with E-state index in [9.17, 15) is 9.59 Å². The molecule has 28 heavy (non-hydrogen) atoms. The van der Waals surface area contributed by atoms with Crippen LogP contribution in [0.4, 0.5) is 5.69 Å². The molecule has 150 valence electrons. The highest BCUT2D eigenvalue weighted by molar-refractivity contribution is 5.95. The molecule has 0 heterocycles. The van der Waals surface area contributed by atoms with Crippen LogP contribution in [0.15, 0.2) is 42.5 Å². The average molecular weight is 386 g/mol. The number of carbonyl (C=O) groups is 2. The molecule has 2 aromatic rings. The zero-order valence-electron chi connectivity index (χ0n) is 16.6. The summed E-state index contributed by atoms with van der Waals surface area (Å²) in [6.07, 6.45) is 0.111. The SMILES string of the molecule is COc1ccc(CC(=O)NCC(=O)Nc2ccccc2OC(C)C)cc1OC. The van der Waals surface area contributed by atoms with Gasteiger partial charge in [-0.15, -0.1) is 0 Å². The second-order valence-corrected chi connectivity index (χ2v) is 6.35. The molecule has 0 saturated heterocycles. The molecule has 0 fully saturated rings. The lowest BCUT2D eigenvalue weighted by Gasteiger charge is -2.15. The fraction of sp³-hybridized carbons (Fsp3) is 0.333. The minimum absolute atomic E-state index is 0.0146. The second kappa shape index (κ2) is 10.2. The average Bonchev–Trinajstić information content (AvgIpc) is 2.67. The second-order valence-electron chi connectivity index (χ2n) is 6.35. The summed E-state index contributed by atoms with van der Waals surface area (Å²) in [5.41, 5.74) is 1.32. The van der Waals surface area contributed by atoms with Crippen LogP contribution in [0, 0.1) is 0 Å². The third-order valence-corrected chi connectivity index (χ3v) is 3.78. The lowest BCUT2D eigenvalue weighted by molar-refractivity contribution is -0.123. The zero-order valence-corrected chi connectivity index (χ0v) is 16.6. The van der Waals surface area contributed by atoms with E-state index in [1.54, 1.807) is 43.5 Å². The highest BCUT2D eigenvalue weighted by Gasteiger charge is 2.12. The smallest absolute Gasteiger partial charge is 0.243 e. The highest BCUT2D eigenvalue weighted by atomic mass is 16.5. The molecule has 0 bridgehead atoms. The third kappa shape index (κ3) is 6.19. The van der Waals surface area contributed by atoms with Crippen molar-refractivity contribution in [1.29, 1.82) is 0 Å². The molecule has 0 atom stereocenters. The van der Waals surface area contributed by atoms with Crippen molar-refractivity contribution in [3.8, 4) is 17.2 Å².